The Morgan fingerprint density at radius 2 is 1.74 bits per heavy atom. The number of hydrogen-bond acceptors (Lipinski definition) is 5. The van der Waals surface area contributed by atoms with Crippen molar-refractivity contribution < 1.29 is 18.7 Å². The first-order chi connectivity index (χ1) is 18.5. The van der Waals surface area contributed by atoms with Gasteiger partial charge >= 0.3 is 5.97 Å². The second-order valence-electron chi connectivity index (χ2n) is 8.50. The van der Waals surface area contributed by atoms with Gasteiger partial charge in [0.1, 0.15) is 22.7 Å². The summed E-state index contributed by atoms with van der Waals surface area (Å²) >= 11 is 0. The molecule has 5 rings (SSSR count). The van der Waals surface area contributed by atoms with Gasteiger partial charge < -0.3 is 9.30 Å². The number of hydrogen-bond donors (Lipinski definition) is 0. The number of pyridine rings is 2. The molecule has 0 radical (unpaired) electrons. The minimum atomic E-state index is -0.730. The molecule has 1 amide bonds. The Labute approximate surface area is 216 Å². The third-order valence-corrected chi connectivity index (χ3v) is 6.05. The minimum absolute atomic E-state index is 0.00777. The molecule has 0 saturated heterocycles. The highest BCUT2D eigenvalue weighted by Gasteiger charge is 2.20. The van der Waals surface area contributed by atoms with Gasteiger partial charge in [0.15, 0.2) is 5.49 Å². The van der Waals surface area contributed by atoms with Gasteiger partial charge in [0.2, 0.25) is 0 Å². The van der Waals surface area contributed by atoms with Crippen LogP contribution in [-0.2, 0) is 17.7 Å². The first kappa shape index (κ1) is 24.8. The third kappa shape index (κ3) is 4.86. The number of fused-ring (bicyclic) bond motifs is 2. The average molecular weight is 511 g/mol. The van der Waals surface area contributed by atoms with E-state index in [0.29, 0.717) is 12.1 Å². The van der Waals surface area contributed by atoms with Crippen molar-refractivity contribution in [3.05, 3.63) is 123 Å². The molecular formula is C29H23FN4O4. The van der Waals surface area contributed by atoms with Crippen molar-refractivity contribution in [3.8, 4) is 0 Å². The number of nitrogens with zero attached hydrogens (tertiary/aromatic N) is 4. The zero-order chi connectivity index (χ0) is 26.6. The predicted molar refractivity (Wildman–Crippen MR) is 139 cm³/mol. The van der Waals surface area contributed by atoms with E-state index in [1.54, 1.807) is 35.9 Å². The number of aryl methyl sites for hydroxylation is 2. The fourth-order valence-electron chi connectivity index (χ4n) is 4.21. The largest absolute Gasteiger partial charge is 0.462 e. The van der Waals surface area contributed by atoms with Crippen LogP contribution in [0, 0.1) is 5.82 Å². The van der Waals surface area contributed by atoms with E-state index in [4.69, 9.17) is 9.72 Å². The minimum Gasteiger partial charge on any atom is -0.462 e. The second-order valence-corrected chi connectivity index (χ2v) is 8.50. The van der Waals surface area contributed by atoms with Crippen LogP contribution >= 0.6 is 0 Å². The van der Waals surface area contributed by atoms with Crippen molar-refractivity contribution in [2.75, 3.05) is 6.61 Å². The number of ether oxygens (including phenoxy) is 1. The van der Waals surface area contributed by atoms with Crippen LogP contribution in [0.15, 0.2) is 94.8 Å². The average Bonchev–Trinajstić information content (AvgIpc) is 2.93. The van der Waals surface area contributed by atoms with E-state index in [-0.39, 0.29) is 46.4 Å². The number of carbonyl (C=O) groups excluding carboxylic acids is 2. The van der Waals surface area contributed by atoms with Gasteiger partial charge in [-0.3, -0.25) is 14.0 Å². The molecular weight excluding hydrogens is 487 g/mol. The van der Waals surface area contributed by atoms with E-state index < -0.39 is 17.7 Å². The summed E-state index contributed by atoms with van der Waals surface area (Å²) in [6.45, 7) is 2.01. The van der Waals surface area contributed by atoms with Gasteiger partial charge in [0.25, 0.3) is 11.5 Å². The Morgan fingerprint density at radius 3 is 2.47 bits per heavy atom. The summed E-state index contributed by atoms with van der Waals surface area (Å²) in [4.78, 5) is 48.7. The number of amides is 1. The van der Waals surface area contributed by atoms with Crippen LogP contribution in [0.4, 0.5) is 4.39 Å². The smallest absolute Gasteiger partial charge is 0.341 e. The highest BCUT2D eigenvalue weighted by molar-refractivity contribution is 5.97. The normalized spacial score (nSPS) is 11.7. The topological polar surface area (TPSA) is 95.0 Å². The lowest BCUT2D eigenvalue weighted by Gasteiger charge is -2.15. The quantitative estimate of drug-likeness (QED) is 0.255. The van der Waals surface area contributed by atoms with Crippen LogP contribution in [0.5, 0.6) is 0 Å². The van der Waals surface area contributed by atoms with E-state index in [2.05, 4.69) is 4.99 Å². The van der Waals surface area contributed by atoms with Gasteiger partial charge in [0, 0.05) is 18.3 Å². The van der Waals surface area contributed by atoms with Crippen LogP contribution in [0.25, 0.3) is 16.7 Å². The molecule has 38 heavy (non-hydrogen) atoms. The molecule has 3 heterocycles. The summed E-state index contributed by atoms with van der Waals surface area (Å²) in [5, 5.41) is 0.179. The molecule has 8 nitrogen and oxygen atoms in total. The third-order valence-electron chi connectivity index (χ3n) is 6.05. The van der Waals surface area contributed by atoms with Gasteiger partial charge in [-0.1, -0.05) is 36.4 Å². The Kier molecular flexibility index (Phi) is 6.90. The van der Waals surface area contributed by atoms with E-state index in [9.17, 15) is 18.8 Å². The van der Waals surface area contributed by atoms with E-state index in [1.807, 2.05) is 30.3 Å². The zero-order valence-electron chi connectivity index (χ0n) is 20.5. The Morgan fingerprint density at radius 1 is 1.00 bits per heavy atom. The summed E-state index contributed by atoms with van der Waals surface area (Å²) in [5.41, 5.74) is 1.41. The molecule has 0 atom stereocenters. The van der Waals surface area contributed by atoms with Crippen LogP contribution in [0.3, 0.4) is 0 Å². The summed E-state index contributed by atoms with van der Waals surface area (Å²) in [7, 11) is 0. The van der Waals surface area contributed by atoms with Crippen molar-refractivity contribution >= 4 is 28.6 Å². The molecule has 0 bridgehead atoms. The van der Waals surface area contributed by atoms with Crippen molar-refractivity contribution in [3.63, 3.8) is 0 Å². The van der Waals surface area contributed by atoms with Crippen LogP contribution in [0.2, 0.25) is 0 Å². The maximum atomic E-state index is 13.5. The maximum Gasteiger partial charge on any atom is 0.341 e. The first-order valence-corrected chi connectivity index (χ1v) is 12.1. The second kappa shape index (κ2) is 10.6. The van der Waals surface area contributed by atoms with Crippen LogP contribution in [0.1, 0.15) is 33.2 Å². The summed E-state index contributed by atoms with van der Waals surface area (Å²) < 4.78 is 21.7. The monoisotopic (exact) mass is 510 g/mol. The zero-order valence-corrected chi connectivity index (χ0v) is 20.5. The fraction of sp³-hybridized carbons (Fsp3) is 0.138. The Balaban J connectivity index is 1.83. The SMILES string of the molecule is CCOC(=O)c1cc2c(=O)n3ccccc3nc2n(CCc2ccccc2)c1=NC(=O)c1ccc(F)cc1. The van der Waals surface area contributed by atoms with Gasteiger partial charge in [-0.05, 0) is 61.4 Å². The lowest BCUT2D eigenvalue weighted by molar-refractivity contribution is 0.0523. The summed E-state index contributed by atoms with van der Waals surface area (Å²) in [6.07, 6.45) is 2.11. The Hall–Kier alpha value is -4.92. The molecule has 0 aliphatic carbocycles. The van der Waals surface area contributed by atoms with Crippen molar-refractivity contribution in [1.29, 1.82) is 0 Å². The van der Waals surface area contributed by atoms with E-state index >= 15 is 0 Å². The van der Waals surface area contributed by atoms with Crippen molar-refractivity contribution in [2.45, 2.75) is 19.9 Å². The summed E-state index contributed by atoms with van der Waals surface area (Å²) in [5.74, 6) is -1.90. The van der Waals surface area contributed by atoms with E-state index in [1.165, 1.54) is 22.6 Å². The number of aromatic nitrogens is 3. The number of esters is 1. The highest BCUT2D eigenvalue weighted by Crippen LogP contribution is 2.13. The van der Waals surface area contributed by atoms with E-state index in [0.717, 1.165) is 17.7 Å². The number of halogens is 1. The molecule has 9 heteroatoms. The van der Waals surface area contributed by atoms with Gasteiger partial charge in [0.05, 0.1) is 12.0 Å². The standard InChI is InChI=1S/C29H23FN4O4/c1-2-38-29(37)23-18-22-25(31-24-10-6-7-16-33(24)28(22)36)34(17-15-19-8-4-3-5-9-19)26(23)32-27(35)20-11-13-21(30)14-12-20/h3-14,16,18H,2,15,17H2,1H3. The molecule has 0 aliphatic heterocycles. The number of rotatable bonds is 6. The van der Waals surface area contributed by atoms with Crippen molar-refractivity contribution in [2.24, 2.45) is 4.99 Å². The molecule has 2 aromatic carbocycles. The van der Waals surface area contributed by atoms with Crippen LogP contribution < -0.4 is 11.0 Å². The molecule has 3 aromatic heterocycles. The van der Waals surface area contributed by atoms with Crippen LogP contribution in [-0.4, -0.2) is 32.4 Å². The lowest BCUT2D eigenvalue weighted by atomic mass is 10.1. The molecule has 190 valence electrons. The first-order valence-electron chi connectivity index (χ1n) is 12.1. The van der Waals surface area contributed by atoms with Gasteiger partial charge in [-0.2, -0.15) is 4.99 Å². The molecule has 0 N–H and O–H groups in total. The summed E-state index contributed by atoms with van der Waals surface area (Å²) in [6, 6.07) is 21.1. The molecule has 0 aliphatic rings. The Bertz CT molecular complexity index is 1790. The molecule has 0 saturated carbocycles. The number of benzene rings is 2. The van der Waals surface area contributed by atoms with Gasteiger partial charge in [-0.15, -0.1) is 0 Å². The van der Waals surface area contributed by atoms with Gasteiger partial charge in [-0.25, -0.2) is 14.2 Å². The molecule has 0 unspecified atom stereocenters. The fourth-order valence-corrected chi connectivity index (χ4v) is 4.21. The van der Waals surface area contributed by atoms with Crippen molar-refractivity contribution in [1.82, 2.24) is 14.0 Å². The number of carbonyl (C=O) groups is 2. The molecule has 0 spiro atoms. The lowest BCUT2D eigenvalue weighted by Crippen LogP contribution is -2.33. The highest BCUT2D eigenvalue weighted by atomic mass is 19.1. The molecule has 5 aromatic rings. The predicted octanol–water partition coefficient (Wildman–Crippen LogP) is 3.95. The maximum absolute atomic E-state index is 13.5. The molecule has 0 fully saturated rings.